The lowest BCUT2D eigenvalue weighted by molar-refractivity contribution is -0.137. The minimum atomic E-state index is -4.24. The standard InChI is InChI=1S/C20H23N3O5S/c24-15-17-7-5-4-6-16(17)14-19(22-23-12-10-21-11-13-23)20(25)28-29(26,27)18-8-2-1-3-9-18/h1-9,15,19,21-22H,10-14H2/t19-/m0/s1. The number of piperazine rings is 1. The lowest BCUT2D eigenvalue weighted by Gasteiger charge is -2.31. The molecule has 0 spiro atoms. The summed E-state index contributed by atoms with van der Waals surface area (Å²) >= 11 is 0. The first-order chi connectivity index (χ1) is 14.0. The number of rotatable bonds is 8. The fourth-order valence-corrected chi connectivity index (χ4v) is 3.97. The lowest BCUT2D eigenvalue weighted by atomic mass is 10.0. The summed E-state index contributed by atoms with van der Waals surface area (Å²) in [7, 11) is -4.24. The minimum Gasteiger partial charge on any atom is -0.340 e. The van der Waals surface area contributed by atoms with Crippen LogP contribution in [-0.2, 0) is 25.5 Å². The summed E-state index contributed by atoms with van der Waals surface area (Å²) in [6, 6.07) is 13.4. The molecule has 8 nitrogen and oxygen atoms in total. The van der Waals surface area contributed by atoms with E-state index in [2.05, 4.69) is 10.7 Å². The van der Waals surface area contributed by atoms with Crippen molar-refractivity contribution in [3.05, 3.63) is 65.7 Å². The Bertz CT molecular complexity index is 944. The van der Waals surface area contributed by atoms with E-state index in [0.717, 1.165) is 13.1 Å². The SMILES string of the molecule is O=Cc1ccccc1C[C@H](NN1CCNCC1)C(=O)OS(=O)(=O)c1ccccc1. The quantitative estimate of drug-likeness (QED) is 0.479. The van der Waals surface area contributed by atoms with Crippen molar-refractivity contribution in [3.8, 4) is 0 Å². The van der Waals surface area contributed by atoms with Gasteiger partial charge in [0.1, 0.15) is 17.2 Å². The van der Waals surface area contributed by atoms with E-state index in [4.69, 9.17) is 4.18 Å². The van der Waals surface area contributed by atoms with E-state index in [9.17, 15) is 18.0 Å². The molecule has 154 valence electrons. The van der Waals surface area contributed by atoms with Crippen LogP contribution in [-0.4, -0.2) is 57.9 Å². The fraction of sp³-hybridized carbons (Fsp3) is 0.300. The van der Waals surface area contributed by atoms with Crippen LogP contribution in [0.4, 0.5) is 0 Å². The summed E-state index contributed by atoms with van der Waals surface area (Å²) in [5.74, 6) is -0.923. The van der Waals surface area contributed by atoms with Crippen LogP contribution in [0.25, 0.3) is 0 Å². The van der Waals surface area contributed by atoms with Gasteiger partial charge in [-0.25, -0.2) is 15.2 Å². The molecule has 29 heavy (non-hydrogen) atoms. The summed E-state index contributed by atoms with van der Waals surface area (Å²) < 4.78 is 29.8. The summed E-state index contributed by atoms with van der Waals surface area (Å²) in [5, 5.41) is 5.05. The summed E-state index contributed by atoms with van der Waals surface area (Å²) in [6.45, 7) is 2.76. The maximum atomic E-state index is 12.8. The van der Waals surface area contributed by atoms with Gasteiger partial charge in [-0.05, 0) is 17.7 Å². The number of aldehydes is 1. The zero-order valence-corrected chi connectivity index (χ0v) is 16.6. The van der Waals surface area contributed by atoms with Crippen LogP contribution in [0.5, 0.6) is 0 Å². The highest BCUT2D eigenvalue weighted by Gasteiger charge is 2.29. The van der Waals surface area contributed by atoms with E-state index in [-0.39, 0.29) is 11.3 Å². The Morgan fingerprint density at radius 2 is 1.76 bits per heavy atom. The molecular weight excluding hydrogens is 394 g/mol. The third-order valence-corrected chi connectivity index (χ3v) is 5.80. The third kappa shape index (κ3) is 5.70. The molecule has 0 aliphatic carbocycles. The monoisotopic (exact) mass is 417 g/mol. The number of hydrazine groups is 1. The second-order valence-electron chi connectivity index (χ2n) is 6.61. The zero-order valence-electron chi connectivity index (χ0n) is 15.8. The van der Waals surface area contributed by atoms with Gasteiger partial charge in [-0.3, -0.25) is 4.79 Å². The van der Waals surface area contributed by atoms with E-state index in [1.807, 2.05) is 5.01 Å². The molecule has 3 rings (SSSR count). The molecule has 1 aliphatic rings. The molecule has 2 aromatic rings. The molecule has 0 radical (unpaired) electrons. The van der Waals surface area contributed by atoms with Gasteiger partial charge in [0.15, 0.2) is 0 Å². The highest BCUT2D eigenvalue weighted by atomic mass is 32.2. The molecule has 1 heterocycles. The van der Waals surface area contributed by atoms with E-state index < -0.39 is 22.1 Å². The zero-order chi connectivity index (χ0) is 20.7. The van der Waals surface area contributed by atoms with E-state index in [0.29, 0.717) is 30.5 Å². The van der Waals surface area contributed by atoms with Crippen molar-refractivity contribution in [1.82, 2.24) is 15.8 Å². The van der Waals surface area contributed by atoms with Crippen molar-refractivity contribution < 1.29 is 22.2 Å². The Kier molecular flexibility index (Phi) is 7.10. The number of nitrogens with one attached hydrogen (secondary N) is 2. The molecule has 0 aromatic heterocycles. The maximum Gasteiger partial charge on any atom is 0.341 e. The topological polar surface area (TPSA) is 105 Å². The molecule has 2 aromatic carbocycles. The van der Waals surface area contributed by atoms with Gasteiger partial charge in [0, 0.05) is 38.2 Å². The molecule has 9 heteroatoms. The van der Waals surface area contributed by atoms with Crippen LogP contribution >= 0.6 is 0 Å². The molecule has 0 unspecified atom stereocenters. The lowest BCUT2D eigenvalue weighted by Crippen LogP contribution is -2.56. The second kappa shape index (κ2) is 9.75. The molecule has 0 saturated carbocycles. The number of carbonyl (C=O) groups is 2. The van der Waals surface area contributed by atoms with E-state index >= 15 is 0 Å². The number of hydrogen-bond donors (Lipinski definition) is 2. The van der Waals surface area contributed by atoms with Crippen LogP contribution < -0.4 is 10.7 Å². The largest absolute Gasteiger partial charge is 0.341 e. The predicted octanol–water partition coefficient (Wildman–Crippen LogP) is 0.752. The average Bonchev–Trinajstić information content (AvgIpc) is 2.74. The maximum absolute atomic E-state index is 12.8. The number of carbonyl (C=O) groups excluding carboxylic acids is 2. The normalized spacial score (nSPS) is 16.1. The predicted molar refractivity (Wildman–Crippen MR) is 107 cm³/mol. The molecule has 2 N–H and O–H groups in total. The number of nitrogens with zero attached hydrogens (tertiary/aromatic N) is 1. The number of hydrogen-bond acceptors (Lipinski definition) is 8. The van der Waals surface area contributed by atoms with Gasteiger partial charge < -0.3 is 9.50 Å². The first-order valence-electron chi connectivity index (χ1n) is 9.28. The highest BCUT2D eigenvalue weighted by molar-refractivity contribution is 7.87. The van der Waals surface area contributed by atoms with Crippen LogP contribution in [0.15, 0.2) is 59.5 Å². The summed E-state index contributed by atoms with van der Waals surface area (Å²) in [5.41, 5.74) is 4.14. The van der Waals surface area contributed by atoms with Crippen LogP contribution in [0.1, 0.15) is 15.9 Å². The van der Waals surface area contributed by atoms with Crippen molar-refractivity contribution in [1.29, 1.82) is 0 Å². The van der Waals surface area contributed by atoms with Gasteiger partial charge >= 0.3 is 16.1 Å². The van der Waals surface area contributed by atoms with Crippen molar-refractivity contribution in [2.75, 3.05) is 26.2 Å². The first kappa shape index (κ1) is 21.1. The molecule has 1 saturated heterocycles. The molecular formula is C20H23N3O5S. The minimum absolute atomic E-state index is 0.0948. The Morgan fingerprint density at radius 3 is 2.45 bits per heavy atom. The fourth-order valence-electron chi connectivity index (χ4n) is 3.05. The molecule has 1 atom stereocenters. The van der Waals surface area contributed by atoms with Gasteiger partial charge in [-0.1, -0.05) is 42.5 Å². The smallest absolute Gasteiger partial charge is 0.340 e. The Hall–Kier alpha value is -2.59. The van der Waals surface area contributed by atoms with Crippen molar-refractivity contribution >= 4 is 22.4 Å². The summed E-state index contributed by atoms with van der Waals surface area (Å²) in [4.78, 5) is 24.1. The third-order valence-electron chi connectivity index (χ3n) is 4.57. The van der Waals surface area contributed by atoms with Crippen molar-refractivity contribution in [3.63, 3.8) is 0 Å². The van der Waals surface area contributed by atoms with Gasteiger partial charge in [-0.15, -0.1) is 0 Å². The van der Waals surface area contributed by atoms with Gasteiger partial charge in [0.25, 0.3) is 0 Å². The first-order valence-corrected chi connectivity index (χ1v) is 10.7. The van der Waals surface area contributed by atoms with E-state index in [1.54, 1.807) is 42.5 Å². The van der Waals surface area contributed by atoms with E-state index in [1.165, 1.54) is 12.1 Å². The highest BCUT2D eigenvalue weighted by Crippen LogP contribution is 2.15. The Balaban J connectivity index is 1.81. The Morgan fingerprint density at radius 1 is 1.10 bits per heavy atom. The van der Waals surface area contributed by atoms with Crippen molar-refractivity contribution in [2.45, 2.75) is 17.4 Å². The molecule has 0 bridgehead atoms. The van der Waals surface area contributed by atoms with Gasteiger partial charge in [-0.2, -0.15) is 8.42 Å². The molecule has 1 aliphatic heterocycles. The van der Waals surface area contributed by atoms with Crippen LogP contribution in [0.3, 0.4) is 0 Å². The van der Waals surface area contributed by atoms with Gasteiger partial charge in [0.05, 0.1) is 0 Å². The average molecular weight is 417 g/mol. The molecule has 1 fully saturated rings. The van der Waals surface area contributed by atoms with Crippen LogP contribution in [0.2, 0.25) is 0 Å². The summed E-state index contributed by atoms with van der Waals surface area (Å²) in [6.07, 6.45) is 0.825. The van der Waals surface area contributed by atoms with Crippen molar-refractivity contribution in [2.24, 2.45) is 0 Å². The number of benzene rings is 2. The molecule has 0 amide bonds. The Labute approximate surface area is 170 Å². The second-order valence-corrected chi connectivity index (χ2v) is 8.16. The van der Waals surface area contributed by atoms with Gasteiger partial charge in [0.2, 0.25) is 0 Å². The van der Waals surface area contributed by atoms with Crippen LogP contribution in [0, 0.1) is 0 Å².